The van der Waals surface area contributed by atoms with E-state index in [0.717, 1.165) is 23.2 Å². The van der Waals surface area contributed by atoms with Crippen LogP contribution in [0.15, 0.2) is 42.5 Å². The van der Waals surface area contributed by atoms with Crippen molar-refractivity contribution in [3.8, 4) is 0 Å². The molecule has 144 valence electrons. The third kappa shape index (κ3) is 3.30. The molecule has 0 atom stereocenters. The average molecular weight is 381 g/mol. The molecule has 0 radical (unpaired) electrons. The van der Waals surface area contributed by atoms with E-state index >= 15 is 0 Å². The number of aryl methyl sites for hydroxylation is 1. The standard InChI is InChI=1S/C22H20FNO4/c23-17-6-4-16(5-7-17)22(10-1-11-22)21(27)28-13-19(25)15-2-8-18-14(12-15)3-9-20(26)24-18/h2,4-8,12H,1,3,9-11,13H2,(H,24,26). The number of carbonyl (C=O) groups excluding carboxylic acids is 3. The molecule has 0 saturated heterocycles. The van der Waals surface area contributed by atoms with E-state index in [2.05, 4.69) is 5.32 Å². The van der Waals surface area contributed by atoms with Gasteiger partial charge in [0.2, 0.25) is 5.91 Å². The van der Waals surface area contributed by atoms with Gasteiger partial charge in [-0.3, -0.25) is 14.4 Å². The van der Waals surface area contributed by atoms with Crippen molar-refractivity contribution in [2.24, 2.45) is 0 Å². The lowest BCUT2D eigenvalue weighted by molar-refractivity contribution is -0.153. The first-order valence-electron chi connectivity index (χ1n) is 9.37. The Balaban J connectivity index is 1.44. The molecule has 1 aliphatic carbocycles. The van der Waals surface area contributed by atoms with Crippen LogP contribution in [-0.2, 0) is 26.2 Å². The van der Waals surface area contributed by atoms with Crippen LogP contribution in [0.3, 0.4) is 0 Å². The van der Waals surface area contributed by atoms with Gasteiger partial charge in [-0.25, -0.2) is 4.39 Å². The van der Waals surface area contributed by atoms with Gasteiger partial charge in [-0.2, -0.15) is 0 Å². The van der Waals surface area contributed by atoms with Crippen molar-refractivity contribution in [3.05, 3.63) is 65.0 Å². The van der Waals surface area contributed by atoms with Gasteiger partial charge in [-0.1, -0.05) is 18.6 Å². The molecule has 5 nitrogen and oxygen atoms in total. The van der Waals surface area contributed by atoms with Crippen LogP contribution in [0.2, 0.25) is 0 Å². The Labute approximate surface area is 161 Å². The van der Waals surface area contributed by atoms with E-state index in [1.807, 2.05) is 0 Å². The maximum absolute atomic E-state index is 13.2. The highest BCUT2D eigenvalue weighted by molar-refractivity contribution is 6.00. The van der Waals surface area contributed by atoms with E-state index < -0.39 is 11.4 Å². The predicted molar refractivity (Wildman–Crippen MR) is 101 cm³/mol. The number of nitrogens with one attached hydrogen (secondary N) is 1. The van der Waals surface area contributed by atoms with E-state index in [1.165, 1.54) is 12.1 Å². The van der Waals surface area contributed by atoms with Crippen molar-refractivity contribution in [1.29, 1.82) is 0 Å². The van der Waals surface area contributed by atoms with Crippen LogP contribution in [-0.4, -0.2) is 24.3 Å². The molecule has 28 heavy (non-hydrogen) atoms. The van der Waals surface area contributed by atoms with Crippen LogP contribution in [0.4, 0.5) is 10.1 Å². The minimum Gasteiger partial charge on any atom is -0.457 e. The van der Waals surface area contributed by atoms with Crippen molar-refractivity contribution < 1.29 is 23.5 Å². The number of anilines is 1. The summed E-state index contributed by atoms with van der Waals surface area (Å²) in [5.41, 5.74) is 2.01. The summed E-state index contributed by atoms with van der Waals surface area (Å²) in [4.78, 5) is 36.7. The van der Waals surface area contributed by atoms with Gasteiger partial charge in [0.1, 0.15) is 5.82 Å². The predicted octanol–water partition coefficient (Wildman–Crippen LogP) is 3.56. The van der Waals surface area contributed by atoms with Crippen molar-refractivity contribution in [1.82, 2.24) is 0 Å². The molecule has 1 N–H and O–H groups in total. The largest absolute Gasteiger partial charge is 0.457 e. The topological polar surface area (TPSA) is 72.5 Å². The molecule has 1 aliphatic heterocycles. The number of rotatable bonds is 5. The number of fused-ring (bicyclic) bond motifs is 1. The smallest absolute Gasteiger partial charge is 0.317 e. The van der Waals surface area contributed by atoms with E-state index in [4.69, 9.17) is 4.74 Å². The molecule has 6 heteroatoms. The van der Waals surface area contributed by atoms with Crippen molar-refractivity contribution in [2.45, 2.75) is 37.5 Å². The molecule has 2 aliphatic rings. The number of ketones is 1. The summed E-state index contributed by atoms with van der Waals surface area (Å²) in [5, 5.41) is 2.77. The van der Waals surface area contributed by atoms with Gasteiger partial charge >= 0.3 is 5.97 Å². The highest BCUT2D eigenvalue weighted by atomic mass is 19.1. The Morgan fingerprint density at radius 2 is 1.82 bits per heavy atom. The Bertz CT molecular complexity index is 948. The number of carbonyl (C=O) groups is 3. The monoisotopic (exact) mass is 381 g/mol. The molecule has 1 saturated carbocycles. The Kier molecular flexibility index (Phi) is 4.71. The first-order chi connectivity index (χ1) is 13.5. The molecule has 0 unspecified atom stereocenters. The molecule has 1 amide bonds. The second-order valence-electron chi connectivity index (χ2n) is 7.36. The van der Waals surface area contributed by atoms with Gasteiger partial charge in [-0.15, -0.1) is 0 Å². The number of Topliss-reactive ketones (excluding diaryl/α,β-unsaturated/α-hetero) is 1. The van der Waals surface area contributed by atoms with E-state index in [1.54, 1.807) is 30.3 Å². The number of benzene rings is 2. The van der Waals surface area contributed by atoms with Gasteiger partial charge in [-0.05, 0) is 60.7 Å². The molecule has 2 aromatic rings. The van der Waals surface area contributed by atoms with Crippen molar-refractivity contribution in [3.63, 3.8) is 0 Å². The SMILES string of the molecule is O=C1CCc2cc(C(=O)COC(=O)C3(c4ccc(F)cc4)CCC3)ccc2N1. The maximum atomic E-state index is 13.2. The number of esters is 1. The number of hydrogen-bond donors (Lipinski definition) is 1. The summed E-state index contributed by atoms with van der Waals surface area (Å²) < 4.78 is 18.6. The second kappa shape index (κ2) is 7.19. The number of ether oxygens (including phenoxy) is 1. The highest BCUT2D eigenvalue weighted by Gasteiger charge is 2.47. The van der Waals surface area contributed by atoms with Gasteiger partial charge in [0.15, 0.2) is 12.4 Å². The highest BCUT2D eigenvalue weighted by Crippen LogP contribution is 2.44. The molecule has 0 aromatic heterocycles. The Morgan fingerprint density at radius 3 is 2.50 bits per heavy atom. The normalized spacial score (nSPS) is 17.1. The summed E-state index contributed by atoms with van der Waals surface area (Å²) in [7, 11) is 0. The fourth-order valence-electron chi connectivity index (χ4n) is 3.82. The zero-order chi connectivity index (χ0) is 19.7. The molecule has 0 spiro atoms. The third-order valence-corrected chi connectivity index (χ3v) is 5.65. The van der Waals surface area contributed by atoms with Crippen LogP contribution >= 0.6 is 0 Å². The lowest BCUT2D eigenvalue weighted by Crippen LogP contribution is -2.44. The summed E-state index contributed by atoms with van der Waals surface area (Å²) in [6, 6.07) is 10.9. The quantitative estimate of drug-likeness (QED) is 0.635. The minimum absolute atomic E-state index is 0.0351. The molecule has 4 rings (SSSR count). The number of halogens is 1. The third-order valence-electron chi connectivity index (χ3n) is 5.65. The average Bonchev–Trinajstić information content (AvgIpc) is 2.66. The minimum atomic E-state index is -0.784. The van der Waals surface area contributed by atoms with E-state index in [9.17, 15) is 18.8 Å². The van der Waals surface area contributed by atoms with Gasteiger partial charge in [0, 0.05) is 17.7 Å². The Morgan fingerprint density at radius 1 is 1.07 bits per heavy atom. The molecule has 0 bridgehead atoms. The second-order valence-corrected chi connectivity index (χ2v) is 7.36. The zero-order valence-corrected chi connectivity index (χ0v) is 15.3. The van der Waals surface area contributed by atoms with Crippen LogP contribution in [0.5, 0.6) is 0 Å². The van der Waals surface area contributed by atoms with E-state index in [0.29, 0.717) is 31.2 Å². The van der Waals surface area contributed by atoms with Gasteiger partial charge < -0.3 is 10.1 Å². The van der Waals surface area contributed by atoms with Crippen LogP contribution in [0.1, 0.15) is 47.2 Å². The fourth-order valence-corrected chi connectivity index (χ4v) is 3.82. The first-order valence-corrected chi connectivity index (χ1v) is 9.37. The van der Waals surface area contributed by atoms with Gasteiger partial charge in [0.05, 0.1) is 5.41 Å². The lowest BCUT2D eigenvalue weighted by atomic mass is 9.64. The first kappa shape index (κ1) is 18.3. The molecular weight excluding hydrogens is 361 g/mol. The van der Waals surface area contributed by atoms with Crippen LogP contribution in [0, 0.1) is 5.82 Å². The molecular formula is C22H20FNO4. The molecule has 1 heterocycles. The fraction of sp³-hybridized carbons (Fsp3) is 0.318. The molecule has 1 fully saturated rings. The number of hydrogen-bond acceptors (Lipinski definition) is 4. The molecule has 2 aromatic carbocycles. The van der Waals surface area contributed by atoms with Crippen molar-refractivity contribution >= 4 is 23.3 Å². The zero-order valence-electron chi connectivity index (χ0n) is 15.3. The summed E-state index contributed by atoms with van der Waals surface area (Å²) in [6.07, 6.45) is 3.11. The summed E-state index contributed by atoms with van der Waals surface area (Å²) >= 11 is 0. The van der Waals surface area contributed by atoms with Crippen LogP contribution < -0.4 is 5.32 Å². The van der Waals surface area contributed by atoms with Gasteiger partial charge in [0.25, 0.3) is 0 Å². The Hall–Kier alpha value is -3.02. The van der Waals surface area contributed by atoms with Crippen LogP contribution in [0.25, 0.3) is 0 Å². The summed E-state index contributed by atoms with van der Waals surface area (Å²) in [6.45, 7) is -0.340. The van der Waals surface area contributed by atoms with E-state index in [-0.39, 0.29) is 24.1 Å². The van der Waals surface area contributed by atoms with Crippen molar-refractivity contribution in [2.75, 3.05) is 11.9 Å². The lowest BCUT2D eigenvalue weighted by Gasteiger charge is -2.39. The number of amides is 1. The maximum Gasteiger partial charge on any atom is 0.317 e. The summed E-state index contributed by atoms with van der Waals surface area (Å²) in [5.74, 6) is -1.12.